The minimum Gasteiger partial charge on any atom is -0.276 e. The zero-order valence-corrected chi connectivity index (χ0v) is 6.40. The van der Waals surface area contributed by atoms with Crippen molar-refractivity contribution < 1.29 is 17.1 Å². The van der Waals surface area contributed by atoms with E-state index in [4.69, 9.17) is 0 Å². The van der Waals surface area contributed by atoms with E-state index in [1.165, 1.54) is 0 Å². The van der Waals surface area contributed by atoms with E-state index in [0.29, 0.717) is 0 Å². The maximum absolute atomic E-state index is 3.04. The molecule has 0 aromatic heterocycles. The molecule has 0 rings (SSSR count). The summed E-state index contributed by atoms with van der Waals surface area (Å²) >= 11 is 0. The van der Waals surface area contributed by atoms with Crippen molar-refractivity contribution in [2.24, 2.45) is 0 Å². The van der Waals surface area contributed by atoms with Gasteiger partial charge in [0.2, 0.25) is 0 Å². The normalized spacial score (nSPS) is 10.2. The van der Waals surface area contributed by atoms with E-state index in [2.05, 4.69) is 13.0 Å². The van der Waals surface area contributed by atoms with Gasteiger partial charge in [-0.25, -0.2) is 12.2 Å². The van der Waals surface area contributed by atoms with Gasteiger partial charge in [0.25, 0.3) is 0 Å². The maximum atomic E-state index is 3.04. The first-order valence-electron chi connectivity index (χ1n) is 2.59. The largest absolute Gasteiger partial charge is 0.276 e. The SMILES string of the molecule is CC=CC=[C-]CC.[Fe]. The first-order valence-corrected chi connectivity index (χ1v) is 2.59. The smallest absolute Gasteiger partial charge is 0 e. The van der Waals surface area contributed by atoms with Gasteiger partial charge >= 0.3 is 0 Å². The third kappa shape index (κ3) is 9.37. The Morgan fingerprint density at radius 1 is 1.50 bits per heavy atom. The Bertz CT molecular complexity index is 72.5. The van der Waals surface area contributed by atoms with Crippen LogP contribution in [0.4, 0.5) is 0 Å². The van der Waals surface area contributed by atoms with E-state index >= 15 is 0 Å². The standard InChI is InChI=1S/C7H11.Fe/c1-3-5-7-6-4-2;/h3,5,7H,4H2,1-2H3;/q-1;. The van der Waals surface area contributed by atoms with Crippen molar-refractivity contribution in [1.29, 1.82) is 0 Å². The maximum Gasteiger partial charge on any atom is 0 e. The van der Waals surface area contributed by atoms with Gasteiger partial charge in [0.15, 0.2) is 0 Å². The van der Waals surface area contributed by atoms with Crippen molar-refractivity contribution in [3.8, 4) is 0 Å². The molecule has 48 valence electrons. The monoisotopic (exact) mass is 151 g/mol. The Labute approximate surface area is 62.1 Å². The third-order valence-electron chi connectivity index (χ3n) is 0.611. The van der Waals surface area contributed by atoms with Crippen molar-refractivity contribution in [2.45, 2.75) is 20.3 Å². The second-order valence-electron chi connectivity index (χ2n) is 1.25. The van der Waals surface area contributed by atoms with Gasteiger partial charge in [-0.3, -0.25) is 6.08 Å². The summed E-state index contributed by atoms with van der Waals surface area (Å²) in [7, 11) is 0. The van der Waals surface area contributed by atoms with Crippen LogP contribution in [0.3, 0.4) is 0 Å². The molecule has 0 aliphatic heterocycles. The van der Waals surface area contributed by atoms with Gasteiger partial charge in [0, 0.05) is 17.1 Å². The summed E-state index contributed by atoms with van der Waals surface area (Å²) < 4.78 is 0. The molecular weight excluding hydrogens is 140 g/mol. The zero-order valence-electron chi connectivity index (χ0n) is 5.29. The van der Waals surface area contributed by atoms with Gasteiger partial charge in [-0.1, -0.05) is 13.8 Å². The van der Waals surface area contributed by atoms with Gasteiger partial charge in [-0.05, 0) is 0 Å². The molecule has 0 fully saturated rings. The molecule has 0 spiro atoms. The molecule has 0 amide bonds. The fourth-order valence-corrected chi connectivity index (χ4v) is 0.282. The summed E-state index contributed by atoms with van der Waals surface area (Å²) in [6, 6.07) is 0. The van der Waals surface area contributed by atoms with E-state index in [0.717, 1.165) is 6.42 Å². The fraction of sp³-hybridized carbons (Fsp3) is 0.429. The Kier molecular flexibility index (Phi) is 13.7. The molecular formula is C7H11Fe-. The number of hydrogen-bond donors (Lipinski definition) is 0. The molecule has 8 heavy (non-hydrogen) atoms. The summed E-state index contributed by atoms with van der Waals surface area (Å²) in [6.07, 6.45) is 9.94. The summed E-state index contributed by atoms with van der Waals surface area (Å²) in [5, 5.41) is 0. The minimum atomic E-state index is 0. The van der Waals surface area contributed by atoms with Crippen LogP contribution < -0.4 is 0 Å². The number of hydrogen-bond acceptors (Lipinski definition) is 0. The van der Waals surface area contributed by atoms with Crippen LogP contribution in [0.1, 0.15) is 20.3 Å². The predicted molar refractivity (Wildman–Crippen MR) is 32.9 cm³/mol. The molecule has 0 heterocycles. The van der Waals surface area contributed by atoms with Crippen molar-refractivity contribution in [3.63, 3.8) is 0 Å². The van der Waals surface area contributed by atoms with E-state index in [1.807, 2.05) is 25.2 Å². The average Bonchev–Trinajstić information content (AvgIpc) is 1.69. The van der Waals surface area contributed by atoms with Gasteiger partial charge in [0.05, 0.1) is 0 Å². The zero-order chi connectivity index (χ0) is 5.54. The molecule has 0 N–H and O–H groups in total. The van der Waals surface area contributed by atoms with E-state index in [-0.39, 0.29) is 17.1 Å². The van der Waals surface area contributed by atoms with Gasteiger partial charge in [-0.15, -0.1) is 6.42 Å². The molecule has 0 aliphatic carbocycles. The van der Waals surface area contributed by atoms with Crippen LogP contribution >= 0.6 is 0 Å². The van der Waals surface area contributed by atoms with Crippen LogP contribution in [0.25, 0.3) is 0 Å². The second-order valence-corrected chi connectivity index (χ2v) is 1.25. The summed E-state index contributed by atoms with van der Waals surface area (Å²) in [5.41, 5.74) is 0. The minimum absolute atomic E-state index is 0. The van der Waals surface area contributed by atoms with Crippen LogP contribution in [0.2, 0.25) is 0 Å². The third-order valence-corrected chi connectivity index (χ3v) is 0.611. The van der Waals surface area contributed by atoms with E-state index in [9.17, 15) is 0 Å². The molecule has 0 bridgehead atoms. The van der Waals surface area contributed by atoms with Crippen LogP contribution in [-0.4, -0.2) is 0 Å². The van der Waals surface area contributed by atoms with Crippen LogP contribution in [-0.2, 0) is 17.1 Å². The molecule has 1 heteroatoms. The molecule has 0 aromatic carbocycles. The fourth-order valence-electron chi connectivity index (χ4n) is 0.282. The molecule has 0 saturated carbocycles. The van der Waals surface area contributed by atoms with Crippen LogP contribution in [0.15, 0.2) is 18.2 Å². The second kappa shape index (κ2) is 10.1. The summed E-state index contributed by atoms with van der Waals surface area (Å²) in [4.78, 5) is 0. The molecule has 0 aromatic rings. The predicted octanol–water partition coefficient (Wildman–Crippen LogP) is 2.33. The van der Waals surface area contributed by atoms with E-state index in [1.54, 1.807) is 0 Å². The Morgan fingerprint density at radius 2 is 2.12 bits per heavy atom. The van der Waals surface area contributed by atoms with Gasteiger partial charge in [0.1, 0.15) is 0 Å². The number of allylic oxidation sites excluding steroid dienone is 4. The molecule has 0 unspecified atom stereocenters. The Hall–Kier alpha value is -0.000519. The Morgan fingerprint density at radius 3 is 2.50 bits per heavy atom. The molecule has 0 nitrogen and oxygen atoms in total. The first kappa shape index (κ1) is 10.9. The van der Waals surface area contributed by atoms with Crippen LogP contribution in [0, 0.1) is 6.08 Å². The van der Waals surface area contributed by atoms with Crippen molar-refractivity contribution in [3.05, 3.63) is 24.3 Å². The molecule has 0 radical (unpaired) electrons. The van der Waals surface area contributed by atoms with Crippen molar-refractivity contribution in [2.75, 3.05) is 0 Å². The van der Waals surface area contributed by atoms with Crippen LogP contribution in [0.5, 0.6) is 0 Å². The average molecular weight is 151 g/mol. The van der Waals surface area contributed by atoms with Crippen molar-refractivity contribution in [1.82, 2.24) is 0 Å². The molecule has 0 atom stereocenters. The molecule has 0 aliphatic rings. The van der Waals surface area contributed by atoms with E-state index < -0.39 is 0 Å². The Balaban J connectivity index is 0. The van der Waals surface area contributed by atoms with Gasteiger partial charge < -0.3 is 0 Å². The number of rotatable bonds is 2. The van der Waals surface area contributed by atoms with Crippen molar-refractivity contribution >= 4 is 0 Å². The molecule has 0 saturated heterocycles. The first-order chi connectivity index (χ1) is 3.41. The summed E-state index contributed by atoms with van der Waals surface area (Å²) in [5.74, 6) is 0. The van der Waals surface area contributed by atoms with Gasteiger partial charge in [-0.2, -0.15) is 6.08 Å². The quantitative estimate of drug-likeness (QED) is 0.322. The summed E-state index contributed by atoms with van der Waals surface area (Å²) in [6.45, 7) is 4.06. The topological polar surface area (TPSA) is 0 Å².